The zero-order chi connectivity index (χ0) is 28.7. The Balaban J connectivity index is 1.77. The Kier molecular flexibility index (Phi) is 7.46. The fraction of sp³-hybridized carbons (Fsp3) is 0.788. The zero-order valence-corrected chi connectivity index (χ0v) is 28.8. The summed E-state index contributed by atoms with van der Waals surface area (Å²) >= 11 is 0. The number of rotatable bonds is 4. The van der Waals surface area contributed by atoms with E-state index in [2.05, 4.69) is 99.8 Å². The highest BCUT2D eigenvalue weighted by atomic mass is 28.4. The summed E-state index contributed by atoms with van der Waals surface area (Å²) < 4.78 is 14.5. The van der Waals surface area contributed by atoms with Crippen LogP contribution in [0.15, 0.2) is 34.9 Å². The van der Waals surface area contributed by atoms with Crippen LogP contribution in [-0.4, -0.2) is 34.6 Å². The molecule has 4 aliphatic rings. The summed E-state index contributed by atoms with van der Waals surface area (Å²) in [4.78, 5) is 13.1. The van der Waals surface area contributed by atoms with E-state index < -0.39 is 16.6 Å². The van der Waals surface area contributed by atoms with Crippen molar-refractivity contribution in [2.75, 3.05) is 0 Å². The first kappa shape index (κ1) is 30.2. The van der Waals surface area contributed by atoms with Crippen molar-refractivity contribution in [3.8, 4) is 0 Å². The minimum absolute atomic E-state index is 0.0195. The van der Waals surface area contributed by atoms with Crippen LogP contribution >= 0.6 is 0 Å². The molecule has 214 valence electrons. The SMILES string of the molecule is CC=C1C(=O)C[C@H]2C3=CC=C4C[C@@H](O[Si](C)(C)C(C)(C)C)C[C@H](O[Si](C)(C)C(C)(C)C)[C@]4(C)[C@H]3CC[C@]12C. The number of ketones is 1. The summed E-state index contributed by atoms with van der Waals surface area (Å²) in [6.07, 6.45) is 12.1. The molecule has 0 heterocycles. The lowest BCUT2D eigenvalue weighted by molar-refractivity contribution is -0.114. The number of Topliss-reactive ketones (excluding diaryl/α,β-unsaturated/α-hetero) is 1. The highest BCUT2D eigenvalue weighted by Crippen LogP contribution is 2.65. The quantitative estimate of drug-likeness (QED) is 0.255. The van der Waals surface area contributed by atoms with Crippen molar-refractivity contribution >= 4 is 22.4 Å². The Morgan fingerprint density at radius 2 is 1.47 bits per heavy atom. The minimum atomic E-state index is -2.02. The van der Waals surface area contributed by atoms with Gasteiger partial charge in [0.15, 0.2) is 22.4 Å². The zero-order valence-electron chi connectivity index (χ0n) is 26.8. The summed E-state index contributed by atoms with van der Waals surface area (Å²) in [5.41, 5.74) is 4.04. The van der Waals surface area contributed by atoms with Crippen molar-refractivity contribution in [3.63, 3.8) is 0 Å². The highest BCUT2D eigenvalue weighted by Gasteiger charge is 2.60. The van der Waals surface area contributed by atoms with Crippen LogP contribution in [0.1, 0.15) is 94.4 Å². The summed E-state index contributed by atoms with van der Waals surface area (Å²) in [5.74, 6) is 1.12. The second kappa shape index (κ2) is 9.39. The lowest BCUT2D eigenvalue weighted by Crippen LogP contribution is -2.58. The average Bonchev–Trinajstić information content (AvgIpc) is 3.02. The van der Waals surface area contributed by atoms with E-state index in [1.54, 1.807) is 0 Å². The molecule has 0 aliphatic heterocycles. The van der Waals surface area contributed by atoms with Gasteiger partial charge in [0.25, 0.3) is 0 Å². The first-order valence-electron chi connectivity index (χ1n) is 15.2. The van der Waals surface area contributed by atoms with E-state index in [0.29, 0.717) is 24.0 Å². The molecule has 0 amide bonds. The third-order valence-corrected chi connectivity index (χ3v) is 21.1. The molecule has 0 aromatic heterocycles. The standard InChI is InChI=1S/C33H56O3Si2/c1-14-25-28(34)21-27-24-16-15-22-19-23(35-37(10,11)30(2,3)4)20-29(36-38(12,13)31(5,6)7)33(22,9)26(24)17-18-32(25,27)8/h14-16,23,26-27,29H,17-21H2,1-13H3/t23-,26+,27+,29+,32-,33+/m1/s1. The molecule has 3 saturated carbocycles. The molecule has 3 fully saturated rings. The predicted molar refractivity (Wildman–Crippen MR) is 165 cm³/mol. The Bertz CT molecular complexity index is 1070. The van der Waals surface area contributed by atoms with Crippen LogP contribution in [0.3, 0.4) is 0 Å². The van der Waals surface area contributed by atoms with E-state index >= 15 is 0 Å². The van der Waals surface area contributed by atoms with Gasteiger partial charge in [-0.3, -0.25) is 4.79 Å². The van der Waals surface area contributed by atoms with Gasteiger partial charge in [0.2, 0.25) is 0 Å². The van der Waals surface area contributed by atoms with E-state index in [-0.39, 0.29) is 33.1 Å². The monoisotopic (exact) mass is 556 g/mol. The van der Waals surface area contributed by atoms with Crippen molar-refractivity contribution in [2.24, 2.45) is 22.7 Å². The maximum absolute atomic E-state index is 13.1. The molecule has 0 aromatic carbocycles. The molecule has 38 heavy (non-hydrogen) atoms. The van der Waals surface area contributed by atoms with E-state index in [0.717, 1.165) is 31.3 Å². The molecule has 4 rings (SSSR count). The molecular weight excluding hydrogens is 501 g/mol. The van der Waals surface area contributed by atoms with Gasteiger partial charge in [0, 0.05) is 17.3 Å². The second-order valence-electron chi connectivity index (χ2n) is 16.3. The largest absolute Gasteiger partial charge is 0.414 e. The summed E-state index contributed by atoms with van der Waals surface area (Å²) in [6.45, 7) is 30.6. The third kappa shape index (κ3) is 4.65. The maximum atomic E-state index is 13.1. The first-order valence-corrected chi connectivity index (χ1v) is 21.0. The van der Waals surface area contributed by atoms with Gasteiger partial charge < -0.3 is 8.85 Å². The fourth-order valence-corrected chi connectivity index (χ4v) is 10.3. The molecule has 0 N–H and O–H groups in total. The molecule has 0 radical (unpaired) electrons. The maximum Gasteiger partial charge on any atom is 0.192 e. The number of hydrogen-bond donors (Lipinski definition) is 0. The Hall–Kier alpha value is -0.756. The van der Waals surface area contributed by atoms with E-state index in [1.807, 2.05) is 6.92 Å². The van der Waals surface area contributed by atoms with Crippen LogP contribution in [0.2, 0.25) is 36.3 Å². The van der Waals surface area contributed by atoms with Gasteiger partial charge in [-0.05, 0) is 86.3 Å². The van der Waals surface area contributed by atoms with Gasteiger partial charge in [-0.2, -0.15) is 0 Å². The number of carbonyl (C=O) groups is 1. The number of carbonyl (C=O) groups excluding carboxylic acids is 1. The van der Waals surface area contributed by atoms with Gasteiger partial charge >= 0.3 is 0 Å². The van der Waals surface area contributed by atoms with Crippen LogP contribution in [0.4, 0.5) is 0 Å². The Morgan fingerprint density at radius 3 is 2.03 bits per heavy atom. The van der Waals surface area contributed by atoms with Crippen LogP contribution in [-0.2, 0) is 13.6 Å². The van der Waals surface area contributed by atoms with Crippen molar-refractivity contribution in [2.45, 2.75) is 143 Å². The highest BCUT2D eigenvalue weighted by molar-refractivity contribution is 6.74. The van der Waals surface area contributed by atoms with Crippen LogP contribution < -0.4 is 0 Å². The van der Waals surface area contributed by atoms with E-state index in [4.69, 9.17) is 8.85 Å². The normalized spacial score (nSPS) is 37.4. The minimum Gasteiger partial charge on any atom is -0.414 e. The lowest BCUT2D eigenvalue weighted by Gasteiger charge is -2.59. The summed E-state index contributed by atoms with van der Waals surface area (Å²) in [6, 6.07) is 0. The van der Waals surface area contributed by atoms with Crippen molar-refractivity contribution in [1.29, 1.82) is 0 Å². The van der Waals surface area contributed by atoms with Crippen molar-refractivity contribution in [1.82, 2.24) is 0 Å². The van der Waals surface area contributed by atoms with Gasteiger partial charge in [-0.15, -0.1) is 0 Å². The molecule has 3 nitrogen and oxygen atoms in total. The molecule has 6 atom stereocenters. The number of fused-ring (bicyclic) bond motifs is 5. The molecule has 0 bridgehead atoms. The number of hydrogen-bond acceptors (Lipinski definition) is 3. The van der Waals surface area contributed by atoms with Crippen molar-refractivity contribution in [3.05, 3.63) is 34.9 Å². The van der Waals surface area contributed by atoms with E-state index in [9.17, 15) is 4.79 Å². The first-order chi connectivity index (χ1) is 17.2. The van der Waals surface area contributed by atoms with Crippen LogP contribution in [0.5, 0.6) is 0 Å². The smallest absolute Gasteiger partial charge is 0.192 e. The van der Waals surface area contributed by atoms with Gasteiger partial charge in [0.1, 0.15) is 0 Å². The second-order valence-corrected chi connectivity index (χ2v) is 25.9. The average molecular weight is 557 g/mol. The Labute approximate surface area is 236 Å². The van der Waals surface area contributed by atoms with Crippen molar-refractivity contribution < 1.29 is 13.6 Å². The number of allylic oxidation sites excluding steroid dienone is 5. The molecule has 0 aromatic rings. The molecule has 4 aliphatic carbocycles. The molecular formula is C33H56O3Si2. The van der Waals surface area contributed by atoms with E-state index in [1.165, 1.54) is 11.1 Å². The topological polar surface area (TPSA) is 35.5 Å². The van der Waals surface area contributed by atoms with Gasteiger partial charge in [-0.25, -0.2) is 0 Å². The van der Waals surface area contributed by atoms with Gasteiger partial charge in [-0.1, -0.05) is 84.8 Å². The summed E-state index contributed by atoms with van der Waals surface area (Å²) in [5, 5.41) is 0.336. The molecule has 0 spiro atoms. The van der Waals surface area contributed by atoms with Crippen LogP contribution in [0.25, 0.3) is 0 Å². The molecule has 0 unspecified atom stereocenters. The lowest BCUT2D eigenvalue weighted by atomic mass is 9.50. The summed E-state index contributed by atoms with van der Waals surface area (Å²) in [7, 11) is -3.93. The van der Waals surface area contributed by atoms with Crippen LogP contribution in [0, 0.1) is 22.7 Å². The predicted octanol–water partition coefficient (Wildman–Crippen LogP) is 9.39. The van der Waals surface area contributed by atoms with Gasteiger partial charge in [0.05, 0.1) is 12.2 Å². The third-order valence-electron chi connectivity index (χ3n) is 12.1. The molecule has 0 saturated heterocycles. The fourth-order valence-electron chi connectivity index (χ4n) is 7.56. The molecule has 5 heteroatoms. The Morgan fingerprint density at radius 1 is 0.895 bits per heavy atom.